The molecule has 8 heteroatoms. The average molecular weight is 499 g/mol. The Balaban J connectivity index is 1.58. The summed E-state index contributed by atoms with van der Waals surface area (Å²) >= 11 is 0. The molecule has 1 saturated heterocycles. The van der Waals surface area contributed by atoms with Crippen LogP contribution in [-0.4, -0.2) is 69.8 Å². The van der Waals surface area contributed by atoms with E-state index in [9.17, 15) is 14.4 Å². The number of hydrogen-bond donors (Lipinski definition) is 0. The van der Waals surface area contributed by atoms with Crippen LogP contribution in [-0.2, 0) is 9.53 Å². The molecule has 190 valence electrons. The summed E-state index contributed by atoms with van der Waals surface area (Å²) in [6, 6.07) is 18.6. The zero-order valence-electron chi connectivity index (χ0n) is 21.3. The monoisotopic (exact) mass is 498 g/mol. The first kappa shape index (κ1) is 25.8. The summed E-state index contributed by atoms with van der Waals surface area (Å²) in [5, 5.41) is 0. The first-order chi connectivity index (χ1) is 17.9. The molecule has 2 amide bonds. The minimum absolute atomic E-state index is 0.0146. The van der Waals surface area contributed by atoms with E-state index in [0.29, 0.717) is 36.7 Å². The van der Waals surface area contributed by atoms with Gasteiger partial charge in [-0.25, -0.2) is 14.8 Å². The fraction of sp³-hybridized carbons (Fsp3) is 0.276. The normalized spacial score (nSPS) is 15.6. The summed E-state index contributed by atoms with van der Waals surface area (Å²) in [7, 11) is 0. The van der Waals surface area contributed by atoms with E-state index in [2.05, 4.69) is 9.97 Å². The molecule has 1 aliphatic heterocycles. The van der Waals surface area contributed by atoms with Crippen LogP contribution in [0, 0.1) is 6.92 Å². The molecule has 0 spiro atoms. The van der Waals surface area contributed by atoms with Crippen LogP contribution in [0.25, 0.3) is 17.3 Å². The Labute approximate surface area is 216 Å². The SMILES string of the molecule is CCOC(=O)c1c(C(=O)N2CCN(C(=O)/C=C/c3ccccc3)C(C)C2)nc(C)nc1-c1ccccc1. The molecular formula is C29H30N4O4. The molecular weight excluding hydrogens is 468 g/mol. The van der Waals surface area contributed by atoms with Gasteiger partial charge in [-0.3, -0.25) is 9.59 Å². The number of carbonyl (C=O) groups excluding carboxylic acids is 3. The van der Waals surface area contributed by atoms with Gasteiger partial charge in [-0.05, 0) is 32.4 Å². The molecule has 4 rings (SSSR count). The predicted octanol–water partition coefficient (Wildman–Crippen LogP) is 4.02. The lowest BCUT2D eigenvalue weighted by Gasteiger charge is -2.39. The smallest absolute Gasteiger partial charge is 0.342 e. The van der Waals surface area contributed by atoms with Crippen molar-refractivity contribution in [2.24, 2.45) is 0 Å². The van der Waals surface area contributed by atoms with Crippen molar-refractivity contribution in [2.75, 3.05) is 26.2 Å². The van der Waals surface area contributed by atoms with Crippen LogP contribution in [0.4, 0.5) is 0 Å². The lowest BCUT2D eigenvalue weighted by molar-refractivity contribution is -0.129. The maximum Gasteiger partial charge on any atom is 0.342 e. The van der Waals surface area contributed by atoms with Crippen LogP contribution in [0.3, 0.4) is 0 Å². The Bertz CT molecular complexity index is 1310. The van der Waals surface area contributed by atoms with Gasteiger partial charge in [0.1, 0.15) is 17.1 Å². The number of aryl methyl sites for hydroxylation is 1. The first-order valence-corrected chi connectivity index (χ1v) is 12.3. The van der Waals surface area contributed by atoms with Crippen molar-refractivity contribution in [3.63, 3.8) is 0 Å². The Hall–Kier alpha value is -4.33. The lowest BCUT2D eigenvalue weighted by Crippen LogP contribution is -2.55. The van der Waals surface area contributed by atoms with Crippen LogP contribution in [0.15, 0.2) is 66.7 Å². The third-order valence-corrected chi connectivity index (χ3v) is 6.17. The first-order valence-electron chi connectivity index (χ1n) is 12.3. The second-order valence-corrected chi connectivity index (χ2v) is 8.81. The van der Waals surface area contributed by atoms with Crippen LogP contribution >= 0.6 is 0 Å². The number of nitrogens with zero attached hydrogens (tertiary/aromatic N) is 4. The fourth-order valence-corrected chi connectivity index (χ4v) is 4.38. The van der Waals surface area contributed by atoms with Crippen molar-refractivity contribution in [1.29, 1.82) is 0 Å². The molecule has 1 atom stereocenters. The van der Waals surface area contributed by atoms with Gasteiger partial charge in [-0.1, -0.05) is 60.7 Å². The third kappa shape index (κ3) is 5.91. The van der Waals surface area contributed by atoms with Crippen molar-refractivity contribution in [3.05, 3.63) is 89.4 Å². The van der Waals surface area contributed by atoms with E-state index in [4.69, 9.17) is 4.74 Å². The van der Waals surface area contributed by atoms with Crippen molar-refractivity contribution < 1.29 is 19.1 Å². The Morgan fingerprint density at radius 1 is 1.00 bits per heavy atom. The molecule has 2 heterocycles. The van der Waals surface area contributed by atoms with Gasteiger partial charge in [0.15, 0.2) is 0 Å². The van der Waals surface area contributed by atoms with E-state index >= 15 is 0 Å². The molecule has 37 heavy (non-hydrogen) atoms. The van der Waals surface area contributed by atoms with Gasteiger partial charge in [0.25, 0.3) is 5.91 Å². The number of ether oxygens (including phenoxy) is 1. The van der Waals surface area contributed by atoms with E-state index in [0.717, 1.165) is 5.56 Å². The second-order valence-electron chi connectivity index (χ2n) is 8.81. The largest absolute Gasteiger partial charge is 0.462 e. The minimum Gasteiger partial charge on any atom is -0.462 e. The van der Waals surface area contributed by atoms with Gasteiger partial charge in [-0.2, -0.15) is 0 Å². The molecule has 8 nitrogen and oxygen atoms in total. The van der Waals surface area contributed by atoms with Crippen LogP contribution in [0.5, 0.6) is 0 Å². The lowest BCUT2D eigenvalue weighted by atomic mass is 10.0. The van der Waals surface area contributed by atoms with Gasteiger partial charge in [0, 0.05) is 37.3 Å². The van der Waals surface area contributed by atoms with E-state index in [-0.39, 0.29) is 35.7 Å². The van der Waals surface area contributed by atoms with Crippen molar-refractivity contribution in [1.82, 2.24) is 19.8 Å². The summed E-state index contributed by atoms with van der Waals surface area (Å²) in [6.45, 7) is 6.46. The highest BCUT2D eigenvalue weighted by molar-refractivity contribution is 6.07. The highest BCUT2D eigenvalue weighted by Crippen LogP contribution is 2.26. The number of rotatable bonds is 6. The van der Waals surface area contributed by atoms with E-state index in [1.807, 2.05) is 67.6 Å². The molecule has 1 aliphatic rings. The maximum atomic E-state index is 13.7. The van der Waals surface area contributed by atoms with Crippen molar-refractivity contribution in [2.45, 2.75) is 26.8 Å². The number of benzene rings is 2. The van der Waals surface area contributed by atoms with Gasteiger partial charge < -0.3 is 14.5 Å². The number of aromatic nitrogens is 2. The summed E-state index contributed by atoms with van der Waals surface area (Å²) < 4.78 is 5.29. The third-order valence-electron chi connectivity index (χ3n) is 6.17. The van der Waals surface area contributed by atoms with E-state index < -0.39 is 5.97 Å². The summed E-state index contributed by atoms with van der Waals surface area (Å²) in [4.78, 5) is 51.8. The average Bonchev–Trinajstić information content (AvgIpc) is 2.92. The number of carbonyl (C=O) groups is 3. The van der Waals surface area contributed by atoms with E-state index in [1.54, 1.807) is 35.8 Å². The quantitative estimate of drug-likeness (QED) is 0.377. The minimum atomic E-state index is -0.641. The molecule has 1 fully saturated rings. The Morgan fingerprint density at radius 2 is 1.68 bits per heavy atom. The van der Waals surface area contributed by atoms with E-state index in [1.165, 1.54) is 0 Å². The molecule has 0 saturated carbocycles. The van der Waals surface area contributed by atoms with Gasteiger partial charge in [0.05, 0.1) is 12.3 Å². The van der Waals surface area contributed by atoms with Crippen LogP contribution < -0.4 is 0 Å². The van der Waals surface area contributed by atoms with Crippen molar-refractivity contribution in [3.8, 4) is 11.3 Å². The molecule has 1 aromatic heterocycles. The maximum absolute atomic E-state index is 13.7. The molecule has 0 radical (unpaired) electrons. The highest BCUT2D eigenvalue weighted by Gasteiger charge is 2.34. The molecule has 3 aromatic rings. The summed E-state index contributed by atoms with van der Waals surface area (Å²) in [5.74, 6) is -0.759. The Kier molecular flexibility index (Phi) is 8.08. The molecule has 0 bridgehead atoms. The zero-order valence-corrected chi connectivity index (χ0v) is 21.3. The molecule has 2 aromatic carbocycles. The van der Waals surface area contributed by atoms with Crippen LogP contribution in [0.2, 0.25) is 0 Å². The van der Waals surface area contributed by atoms with Gasteiger partial charge in [0.2, 0.25) is 5.91 Å². The summed E-state index contributed by atoms with van der Waals surface area (Å²) in [6.07, 6.45) is 3.34. The van der Waals surface area contributed by atoms with Gasteiger partial charge in [-0.15, -0.1) is 0 Å². The Morgan fingerprint density at radius 3 is 2.32 bits per heavy atom. The topological polar surface area (TPSA) is 92.7 Å². The summed E-state index contributed by atoms with van der Waals surface area (Å²) in [5.41, 5.74) is 2.07. The van der Waals surface area contributed by atoms with Crippen molar-refractivity contribution >= 4 is 23.9 Å². The standard InChI is InChI=1S/C29H30N4O4/c1-4-37-29(36)25-26(23-13-9-6-10-14-23)30-21(3)31-27(25)28(35)32-17-18-33(20(2)19-32)24(34)16-15-22-11-7-5-8-12-22/h5-16,20H,4,17-19H2,1-3H3/b16-15+. The number of esters is 1. The number of amides is 2. The number of piperazine rings is 1. The molecule has 1 unspecified atom stereocenters. The molecule has 0 aliphatic carbocycles. The fourth-order valence-electron chi connectivity index (χ4n) is 4.38. The second kappa shape index (κ2) is 11.6. The molecule has 0 N–H and O–H groups in total. The van der Waals surface area contributed by atoms with Crippen LogP contribution in [0.1, 0.15) is 46.1 Å². The van der Waals surface area contributed by atoms with Gasteiger partial charge >= 0.3 is 5.97 Å². The highest BCUT2D eigenvalue weighted by atomic mass is 16.5. The zero-order chi connectivity index (χ0) is 26.4. The predicted molar refractivity (Wildman–Crippen MR) is 141 cm³/mol. The number of hydrogen-bond acceptors (Lipinski definition) is 6.